The molecule has 1 fully saturated rings. The Balaban J connectivity index is 1.79. The molecule has 0 amide bonds. The third-order valence-corrected chi connectivity index (χ3v) is 3.35. The minimum atomic E-state index is -4.56. The van der Waals surface area contributed by atoms with E-state index in [2.05, 4.69) is 19.6 Å². The second-order valence-corrected chi connectivity index (χ2v) is 4.97. The van der Waals surface area contributed by atoms with E-state index in [0.29, 0.717) is 6.54 Å². The second kappa shape index (κ2) is 6.07. The molecule has 3 heterocycles. The van der Waals surface area contributed by atoms with Crippen molar-refractivity contribution >= 4 is 11.9 Å². The third kappa shape index (κ3) is 3.30. The molecule has 1 atom stereocenters. The zero-order valence-electron chi connectivity index (χ0n) is 12.0. The SMILES string of the molecule is O=C(O)c1cc(C2CN(c3nccc(C(F)(F)F)n3)CCO2)no1. The van der Waals surface area contributed by atoms with Crippen LogP contribution in [0.25, 0.3) is 0 Å². The Hall–Kier alpha value is -2.69. The van der Waals surface area contributed by atoms with Gasteiger partial charge in [0.2, 0.25) is 11.7 Å². The number of morpholine rings is 1. The molecule has 1 N–H and O–H groups in total. The maximum absolute atomic E-state index is 12.7. The van der Waals surface area contributed by atoms with Crippen molar-refractivity contribution in [2.24, 2.45) is 0 Å². The van der Waals surface area contributed by atoms with Crippen LogP contribution in [-0.2, 0) is 10.9 Å². The van der Waals surface area contributed by atoms with Crippen molar-refractivity contribution in [2.45, 2.75) is 12.3 Å². The molecule has 0 bridgehead atoms. The molecule has 0 saturated carbocycles. The highest BCUT2D eigenvalue weighted by atomic mass is 19.4. The second-order valence-electron chi connectivity index (χ2n) is 4.97. The van der Waals surface area contributed by atoms with Crippen molar-refractivity contribution in [3.8, 4) is 0 Å². The molecular formula is C13H11F3N4O4. The van der Waals surface area contributed by atoms with E-state index >= 15 is 0 Å². The summed E-state index contributed by atoms with van der Waals surface area (Å²) in [5.41, 5.74) is -0.797. The molecule has 2 aromatic rings. The molecule has 128 valence electrons. The average molecular weight is 344 g/mol. The summed E-state index contributed by atoms with van der Waals surface area (Å²) < 4.78 is 48.4. The molecule has 0 aliphatic carbocycles. The average Bonchev–Trinajstić information content (AvgIpc) is 3.05. The van der Waals surface area contributed by atoms with Gasteiger partial charge >= 0.3 is 12.1 Å². The fraction of sp³-hybridized carbons (Fsp3) is 0.385. The smallest absolute Gasteiger partial charge is 0.433 e. The number of hydrogen-bond donors (Lipinski definition) is 1. The van der Waals surface area contributed by atoms with Gasteiger partial charge in [-0.05, 0) is 6.07 Å². The Morgan fingerprint density at radius 3 is 2.88 bits per heavy atom. The van der Waals surface area contributed by atoms with Crippen molar-refractivity contribution in [3.63, 3.8) is 0 Å². The number of carboxylic acids is 1. The number of hydrogen-bond acceptors (Lipinski definition) is 7. The summed E-state index contributed by atoms with van der Waals surface area (Å²) in [4.78, 5) is 19.7. The number of aromatic carboxylic acids is 1. The molecule has 0 radical (unpaired) electrons. The summed E-state index contributed by atoms with van der Waals surface area (Å²) in [5, 5.41) is 12.4. The van der Waals surface area contributed by atoms with Crippen LogP contribution in [0, 0.1) is 0 Å². The first-order chi connectivity index (χ1) is 11.3. The minimum Gasteiger partial charge on any atom is -0.475 e. The van der Waals surface area contributed by atoms with Gasteiger partial charge in [0, 0.05) is 18.8 Å². The van der Waals surface area contributed by atoms with E-state index in [0.717, 1.165) is 12.3 Å². The van der Waals surface area contributed by atoms with Crippen molar-refractivity contribution in [1.82, 2.24) is 15.1 Å². The highest BCUT2D eigenvalue weighted by Crippen LogP contribution is 2.29. The number of halogens is 3. The lowest BCUT2D eigenvalue weighted by Gasteiger charge is -2.32. The molecule has 2 aromatic heterocycles. The van der Waals surface area contributed by atoms with Crippen LogP contribution in [0.15, 0.2) is 22.9 Å². The lowest BCUT2D eigenvalue weighted by atomic mass is 10.2. The Bertz CT molecular complexity index is 749. The van der Waals surface area contributed by atoms with Gasteiger partial charge in [-0.15, -0.1) is 0 Å². The molecule has 8 nitrogen and oxygen atoms in total. The van der Waals surface area contributed by atoms with Crippen LogP contribution in [0.4, 0.5) is 19.1 Å². The Morgan fingerprint density at radius 1 is 1.42 bits per heavy atom. The maximum atomic E-state index is 12.7. The van der Waals surface area contributed by atoms with E-state index in [9.17, 15) is 18.0 Å². The summed E-state index contributed by atoms with van der Waals surface area (Å²) in [6, 6.07) is 2.00. The van der Waals surface area contributed by atoms with E-state index in [-0.39, 0.29) is 30.6 Å². The fourth-order valence-corrected chi connectivity index (χ4v) is 2.21. The predicted molar refractivity (Wildman–Crippen MR) is 71.4 cm³/mol. The summed E-state index contributed by atoms with van der Waals surface area (Å²) in [5.74, 6) is -1.70. The van der Waals surface area contributed by atoms with Gasteiger partial charge in [-0.1, -0.05) is 5.16 Å². The van der Waals surface area contributed by atoms with Crippen LogP contribution in [0.1, 0.15) is 28.0 Å². The van der Waals surface area contributed by atoms with Gasteiger partial charge < -0.3 is 19.3 Å². The number of carboxylic acid groups (broad SMARTS) is 1. The van der Waals surface area contributed by atoms with E-state index in [1.807, 2.05) is 0 Å². The zero-order chi connectivity index (χ0) is 17.3. The van der Waals surface area contributed by atoms with Crippen LogP contribution in [-0.4, -0.2) is 45.9 Å². The Morgan fingerprint density at radius 2 is 2.21 bits per heavy atom. The van der Waals surface area contributed by atoms with Crippen LogP contribution in [0.5, 0.6) is 0 Å². The quantitative estimate of drug-likeness (QED) is 0.899. The molecule has 3 rings (SSSR count). The molecule has 1 unspecified atom stereocenters. The highest BCUT2D eigenvalue weighted by molar-refractivity contribution is 5.84. The first-order valence-electron chi connectivity index (χ1n) is 6.81. The van der Waals surface area contributed by atoms with Crippen molar-refractivity contribution < 1.29 is 32.3 Å². The van der Waals surface area contributed by atoms with E-state index in [1.165, 1.54) is 11.0 Å². The van der Waals surface area contributed by atoms with Crippen molar-refractivity contribution in [2.75, 3.05) is 24.6 Å². The fourth-order valence-electron chi connectivity index (χ4n) is 2.21. The molecule has 1 aliphatic heterocycles. The van der Waals surface area contributed by atoms with Crippen LogP contribution >= 0.6 is 0 Å². The van der Waals surface area contributed by atoms with Crippen molar-refractivity contribution in [1.29, 1.82) is 0 Å². The standard InChI is InChI=1S/C13H11F3N4O4/c14-13(15,16)10-1-2-17-12(18-10)20-3-4-23-9(6-20)7-5-8(11(21)22)24-19-7/h1-2,5,9H,3-4,6H2,(H,21,22). The molecule has 11 heteroatoms. The van der Waals surface area contributed by atoms with Crippen LogP contribution in [0.3, 0.4) is 0 Å². The number of nitrogens with zero attached hydrogens (tertiary/aromatic N) is 4. The lowest BCUT2D eigenvalue weighted by molar-refractivity contribution is -0.141. The van der Waals surface area contributed by atoms with Gasteiger partial charge in [-0.3, -0.25) is 0 Å². The summed E-state index contributed by atoms with van der Waals surface area (Å²) >= 11 is 0. The molecule has 0 aromatic carbocycles. The highest BCUT2D eigenvalue weighted by Gasteiger charge is 2.34. The number of ether oxygens (including phenoxy) is 1. The van der Waals surface area contributed by atoms with E-state index in [4.69, 9.17) is 9.84 Å². The normalized spacial score (nSPS) is 18.6. The number of anilines is 1. The first-order valence-corrected chi connectivity index (χ1v) is 6.81. The zero-order valence-corrected chi connectivity index (χ0v) is 12.0. The van der Waals surface area contributed by atoms with Gasteiger partial charge in [0.25, 0.3) is 0 Å². The molecule has 1 saturated heterocycles. The van der Waals surface area contributed by atoms with Crippen molar-refractivity contribution in [3.05, 3.63) is 35.5 Å². The largest absolute Gasteiger partial charge is 0.475 e. The molecule has 24 heavy (non-hydrogen) atoms. The number of carbonyl (C=O) groups is 1. The van der Waals surface area contributed by atoms with E-state index in [1.54, 1.807) is 0 Å². The maximum Gasteiger partial charge on any atom is 0.433 e. The topological polar surface area (TPSA) is 102 Å². The molecular weight excluding hydrogens is 333 g/mol. The number of aromatic nitrogens is 3. The number of alkyl halides is 3. The monoisotopic (exact) mass is 344 g/mol. The third-order valence-electron chi connectivity index (χ3n) is 3.35. The van der Waals surface area contributed by atoms with Crippen LogP contribution < -0.4 is 4.90 Å². The molecule has 0 spiro atoms. The van der Waals surface area contributed by atoms with Crippen LogP contribution in [0.2, 0.25) is 0 Å². The van der Waals surface area contributed by atoms with Gasteiger partial charge in [-0.25, -0.2) is 14.8 Å². The summed E-state index contributed by atoms with van der Waals surface area (Å²) in [6.07, 6.45) is -4.19. The summed E-state index contributed by atoms with van der Waals surface area (Å²) in [7, 11) is 0. The van der Waals surface area contributed by atoms with E-state index < -0.39 is 23.9 Å². The van der Waals surface area contributed by atoms with Gasteiger partial charge in [0.15, 0.2) is 0 Å². The first kappa shape index (κ1) is 16.2. The summed E-state index contributed by atoms with van der Waals surface area (Å²) in [6.45, 7) is 0.605. The van der Waals surface area contributed by atoms with Gasteiger partial charge in [-0.2, -0.15) is 13.2 Å². The van der Waals surface area contributed by atoms with Gasteiger partial charge in [0.1, 0.15) is 17.5 Å². The Labute approximate surface area is 132 Å². The Kier molecular flexibility index (Phi) is 4.09. The number of rotatable bonds is 3. The molecule has 1 aliphatic rings. The minimum absolute atomic E-state index is 0.0833. The van der Waals surface area contributed by atoms with Gasteiger partial charge in [0.05, 0.1) is 13.2 Å². The lowest BCUT2D eigenvalue weighted by Crippen LogP contribution is -2.39. The predicted octanol–water partition coefficient (Wildman–Crippen LogP) is 1.76.